The van der Waals surface area contributed by atoms with Gasteiger partial charge in [-0.25, -0.2) is 0 Å². The van der Waals surface area contributed by atoms with E-state index in [1.54, 1.807) is 0 Å². The van der Waals surface area contributed by atoms with E-state index in [1.807, 2.05) is 36.1 Å². The van der Waals surface area contributed by atoms with E-state index in [1.165, 1.54) is 0 Å². The van der Waals surface area contributed by atoms with Crippen LogP contribution in [0.2, 0.25) is 5.02 Å². The standard InChI is InChI=1S/C21H20ClN3O2S/c1-11-9-16-18(13-3-5-14(22)6-4-13)15(10-17(26)27)12(2)19-20(16)24(11)7-8-25(19)21(23)28/h3-6,9H,7-8,10H2,1-2H3,(H2,23,28)(H,26,27). The Kier molecular flexibility index (Phi) is 4.56. The lowest BCUT2D eigenvalue weighted by Crippen LogP contribution is -2.41. The molecule has 1 aromatic heterocycles. The van der Waals surface area contributed by atoms with Gasteiger partial charge >= 0.3 is 5.97 Å². The highest BCUT2D eigenvalue weighted by atomic mass is 35.5. The molecule has 0 fully saturated rings. The van der Waals surface area contributed by atoms with E-state index in [2.05, 4.69) is 17.6 Å². The third-order valence-corrected chi connectivity index (χ3v) is 5.92. The first-order valence-electron chi connectivity index (χ1n) is 8.99. The summed E-state index contributed by atoms with van der Waals surface area (Å²) in [5, 5.41) is 11.6. The number of hydrogen-bond donors (Lipinski definition) is 2. The topological polar surface area (TPSA) is 71.5 Å². The molecule has 0 saturated heterocycles. The highest BCUT2D eigenvalue weighted by Gasteiger charge is 2.29. The minimum absolute atomic E-state index is 0.0812. The summed E-state index contributed by atoms with van der Waals surface area (Å²) in [4.78, 5) is 13.6. The number of carboxylic acid groups (broad SMARTS) is 1. The van der Waals surface area contributed by atoms with E-state index >= 15 is 0 Å². The predicted molar refractivity (Wildman–Crippen MR) is 117 cm³/mol. The van der Waals surface area contributed by atoms with Crippen LogP contribution in [0.25, 0.3) is 22.0 Å². The van der Waals surface area contributed by atoms with E-state index < -0.39 is 5.97 Å². The van der Waals surface area contributed by atoms with E-state index in [9.17, 15) is 9.90 Å². The molecule has 4 rings (SSSR count). The second kappa shape index (κ2) is 6.79. The van der Waals surface area contributed by atoms with Crippen LogP contribution in [0.15, 0.2) is 30.3 Å². The fourth-order valence-electron chi connectivity index (χ4n) is 4.26. The number of aliphatic carboxylic acids is 1. The fraction of sp³-hybridized carbons (Fsp3) is 0.238. The van der Waals surface area contributed by atoms with Crippen molar-refractivity contribution in [2.24, 2.45) is 5.73 Å². The smallest absolute Gasteiger partial charge is 0.307 e. The Morgan fingerprint density at radius 1 is 1.25 bits per heavy atom. The molecule has 1 aliphatic heterocycles. The molecular weight excluding hydrogens is 394 g/mol. The third-order valence-electron chi connectivity index (χ3n) is 5.45. The van der Waals surface area contributed by atoms with Gasteiger partial charge < -0.3 is 20.3 Å². The van der Waals surface area contributed by atoms with Gasteiger partial charge in [0.15, 0.2) is 5.11 Å². The predicted octanol–water partition coefficient (Wildman–Crippen LogP) is 4.27. The molecule has 28 heavy (non-hydrogen) atoms. The summed E-state index contributed by atoms with van der Waals surface area (Å²) in [6.45, 7) is 5.46. The molecule has 3 aromatic rings. The van der Waals surface area contributed by atoms with Crippen LogP contribution in [0.4, 0.5) is 5.69 Å². The highest BCUT2D eigenvalue weighted by molar-refractivity contribution is 7.80. The lowest BCUT2D eigenvalue weighted by Gasteiger charge is -2.33. The lowest BCUT2D eigenvalue weighted by molar-refractivity contribution is -0.136. The van der Waals surface area contributed by atoms with Crippen molar-refractivity contribution in [1.82, 2.24) is 4.57 Å². The number of carbonyl (C=O) groups is 1. The summed E-state index contributed by atoms with van der Waals surface area (Å²) in [5.74, 6) is -0.876. The average molecular weight is 414 g/mol. The fourth-order valence-corrected chi connectivity index (χ4v) is 4.57. The van der Waals surface area contributed by atoms with Crippen molar-refractivity contribution in [3.05, 3.63) is 52.2 Å². The minimum Gasteiger partial charge on any atom is -0.481 e. The summed E-state index contributed by atoms with van der Waals surface area (Å²) in [6.07, 6.45) is -0.0812. The molecule has 0 bridgehead atoms. The Morgan fingerprint density at radius 3 is 2.54 bits per heavy atom. The summed E-state index contributed by atoms with van der Waals surface area (Å²) < 4.78 is 2.26. The molecule has 5 nitrogen and oxygen atoms in total. The third kappa shape index (κ3) is 2.84. The van der Waals surface area contributed by atoms with Crippen molar-refractivity contribution < 1.29 is 9.90 Å². The van der Waals surface area contributed by atoms with Gasteiger partial charge in [-0.1, -0.05) is 23.7 Å². The Hall–Kier alpha value is -2.57. The van der Waals surface area contributed by atoms with Gasteiger partial charge in [0.05, 0.1) is 17.6 Å². The maximum atomic E-state index is 11.7. The number of nitrogens with zero attached hydrogens (tertiary/aromatic N) is 2. The van der Waals surface area contributed by atoms with Gasteiger partial charge in [0.1, 0.15) is 0 Å². The molecule has 2 heterocycles. The van der Waals surface area contributed by atoms with E-state index in [0.29, 0.717) is 16.7 Å². The van der Waals surface area contributed by atoms with Gasteiger partial charge in [-0.05, 0) is 66.5 Å². The second-order valence-corrected chi connectivity index (χ2v) is 7.95. The van der Waals surface area contributed by atoms with Crippen molar-refractivity contribution in [3.63, 3.8) is 0 Å². The van der Waals surface area contributed by atoms with Crippen LogP contribution in [0, 0.1) is 13.8 Å². The number of hydrogen-bond acceptors (Lipinski definition) is 2. The van der Waals surface area contributed by atoms with Crippen molar-refractivity contribution in [2.75, 3.05) is 11.4 Å². The molecule has 0 amide bonds. The molecule has 1 aliphatic rings. The van der Waals surface area contributed by atoms with Gasteiger partial charge in [0.2, 0.25) is 0 Å². The Balaban J connectivity index is 2.16. The average Bonchev–Trinajstić information content (AvgIpc) is 2.97. The summed E-state index contributed by atoms with van der Waals surface area (Å²) in [5.41, 5.74) is 12.6. The van der Waals surface area contributed by atoms with E-state index in [0.717, 1.165) is 51.1 Å². The number of benzene rings is 2. The van der Waals surface area contributed by atoms with Crippen LogP contribution in [-0.2, 0) is 17.8 Å². The molecule has 7 heteroatoms. The maximum absolute atomic E-state index is 11.7. The number of halogens is 1. The highest BCUT2D eigenvalue weighted by Crippen LogP contribution is 2.44. The molecule has 0 unspecified atom stereocenters. The number of nitrogens with two attached hydrogens (primary N) is 1. The Labute approximate surface area is 173 Å². The summed E-state index contributed by atoms with van der Waals surface area (Å²) in [7, 11) is 0. The number of thiocarbonyl (C=S) groups is 1. The molecular formula is C21H20ClN3O2S. The molecule has 0 saturated carbocycles. The van der Waals surface area contributed by atoms with Gasteiger partial charge in [-0.2, -0.15) is 0 Å². The minimum atomic E-state index is -0.876. The summed E-state index contributed by atoms with van der Waals surface area (Å²) in [6, 6.07) is 9.65. The van der Waals surface area contributed by atoms with Crippen molar-refractivity contribution >= 4 is 51.5 Å². The molecule has 3 N–H and O–H groups in total. The van der Waals surface area contributed by atoms with Crippen molar-refractivity contribution in [2.45, 2.75) is 26.8 Å². The monoisotopic (exact) mass is 413 g/mol. The second-order valence-electron chi connectivity index (χ2n) is 7.09. The zero-order valence-corrected chi connectivity index (χ0v) is 17.2. The van der Waals surface area contributed by atoms with Crippen LogP contribution in [0.1, 0.15) is 16.8 Å². The van der Waals surface area contributed by atoms with Crippen LogP contribution in [0.5, 0.6) is 0 Å². The largest absolute Gasteiger partial charge is 0.481 e. The van der Waals surface area contributed by atoms with Gasteiger partial charge in [0.25, 0.3) is 0 Å². The van der Waals surface area contributed by atoms with Crippen molar-refractivity contribution in [3.8, 4) is 11.1 Å². The molecule has 0 aliphatic carbocycles. The lowest BCUT2D eigenvalue weighted by atomic mass is 9.88. The number of aryl methyl sites for hydroxylation is 1. The quantitative estimate of drug-likeness (QED) is 0.627. The van der Waals surface area contributed by atoms with Gasteiger partial charge in [0, 0.05) is 29.2 Å². The van der Waals surface area contributed by atoms with Gasteiger partial charge in [-0.3, -0.25) is 4.79 Å². The van der Waals surface area contributed by atoms with Crippen LogP contribution in [0.3, 0.4) is 0 Å². The number of rotatable bonds is 3. The zero-order chi connectivity index (χ0) is 20.2. The normalized spacial score (nSPS) is 13.2. The van der Waals surface area contributed by atoms with Crippen molar-refractivity contribution in [1.29, 1.82) is 0 Å². The molecule has 0 radical (unpaired) electrons. The molecule has 144 valence electrons. The Morgan fingerprint density at radius 2 is 1.93 bits per heavy atom. The van der Waals surface area contributed by atoms with Crippen LogP contribution >= 0.6 is 23.8 Å². The first kappa shape index (κ1) is 18.8. The Bertz CT molecular complexity index is 1140. The maximum Gasteiger partial charge on any atom is 0.307 e. The molecule has 2 aromatic carbocycles. The number of aromatic nitrogens is 1. The van der Waals surface area contributed by atoms with Gasteiger partial charge in [-0.15, -0.1) is 0 Å². The molecule has 0 spiro atoms. The first-order valence-corrected chi connectivity index (χ1v) is 9.78. The first-order chi connectivity index (χ1) is 13.3. The summed E-state index contributed by atoms with van der Waals surface area (Å²) >= 11 is 11.4. The molecule has 0 atom stereocenters. The number of carboxylic acids is 1. The zero-order valence-electron chi connectivity index (χ0n) is 15.6. The SMILES string of the molecule is Cc1c(CC(=O)O)c(-c2ccc(Cl)cc2)c2cc(C)n3c2c1N(C(N)=S)CC3. The van der Waals surface area contributed by atoms with Crippen LogP contribution < -0.4 is 10.6 Å². The van der Waals surface area contributed by atoms with E-state index in [-0.39, 0.29) is 6.42 Å². The van der Waals surface area contributed by atoms with Crippen LogP contribution in [-0.4, -0.2) is 27.3 Å². The van der Waals surface area contributed by atoms with E-state index in [4.69, 9.17) is 29.6 Å². The number of anilines is 1.